The van der Waals surface area contributed by atoms with Crippen molar-refractivity contribution in [3.05, 3.63) is 12.7 Å². The second kappa shape index (κ2) is 8.69. The van der Waals surface area contributed by atoms with E-state index in [1.165, 1.54) is 0 Å². The van der Waals surface area contributed by atoms with Gasteiger partial charge in [0.1, 0.15) is 0 Å². The van der Waals surface area contributed by atoms with Gasteiger partial charge in [0.25, 0.3) is 0 Å². The third kappa shape index (κ3) is 9.84. The van der Waals surface area contributed by atoms with Gasteiger partial charge in [0.15, 0.2) is 0 Å². The number of carbonyl (C=O) groups excluding carboxylic acids is 1. The zero-order valence-corrected chi connectivity index (χ0v) is 11.4. The molecule has 0 heterocycles. The fourth-order valence-corrected chi connectivity index (χ4v) is 1.64. The van der Waals surface area contributed by atoms with Gasteiger partial charge >= 0.3 is 11.9 Å². The van der Waals surface area contributed by atoms with Crippen molar-refractivity contribution >= 4 is 11.9 Å². The highest BCUT2D eigenvalue weighted by molar-refractivity contribution is 5.81. The van der Waals surface area contributed by atoms with Gasteiger partial charge in [-0.25, -0.2) is 4.79 Å². The molecule has 5 heteroatoms. The van der Waals surface area contributed by atoms with Gasteiger partial charge in [0.2, 0.25) is 0 Å². The van der Waals surface area contributed by atoms with Crippen LogP contribution in [0.5, 0.6) is 0 Å². The molecular weight excluding hydrogens is 234 g/mol. The van der Waals surface area contributed by atoms with Crippen LogP contribution < -0.4 is 0 Å². The summed E-state index contributed by atoms with van der Waals surface area (Å²) in [5.74, 6) is -1.13. The third-order valence-electron chi connectivity index (χ3n) is 2.72. The number of carbonyl (C=O) groups is 2. The highest BCUT2D eigenvalue weighted by Crippen LogP contribution is 2.05. The minimum absolute atomic E-state index is 0.221. The Morgan fingerprint density at radius 3 is 2.39 bits per heavy atom. The summed E-state index contributed by atoms with van der Waals surface area (Å²) in [5, 5.41) is 8.57. The monoisotopic (exact) mass is 258 g/mol. The van der Waals surface area contributed by atoms with Crippen LogP contribution in [0.3, 0.4) is 0 Å². The average molecular weight is 258 g/mol. The minimum Gasteiger partial charge on any atom is -0.481 e. The van der Waals surface area contributed by atoms with Crippen molar-refractivity contribution in [2.75, 3.05) is 33.8 Å². The number of hydrogen-bond acceptors (Lipinski definition) is 3. The first-order chi connectivity index (χ1) is 8.37. The van der Waals surface area contributed by atoms with Gasteiger partial charge in [0, 0.05) is 12.5 Å². The molecule has 0 spiro atoms. The van der Waals surface area contributed by atoms with Crippen LogP contribution in [0.2, 0.25) is 0 Å². The Morgan fingerprint density at radius 2 is 1.83 bits per heavy atom. The van der Waals surface area contributed by atoms with E-state index in [0.29, 0.717) is 13.0 Å². The maximum atomic E-state index is 10.8. The number of nitrogens with zero attached hydrogens (tertiary/aromatic N) is 1. The van der Waals surface area contributed by atoms with Crippen LogP contribution in [-0.4, -0.2) is 55.3 Å². The Labute approximate surface area is 109 Å². The van der Waals surface area contributed by atoms with Crippen molar-refractivity contribution in [1.82, 2.24) is 0 Å². The van der Waals surface area contributed by atoms with Crippen LogP contribution >= 0.6 is 0 Å². The Kier molecular flexibility index (Phi) is 8.03. The maximum Gasteiger partial charge on any atom is 0.330 e. The molecule has 0 amide bonds. The van der Waals surface area contributed by atoms with E-state index in [-0.39, 0.29) is 12.4 Å². The maximum absolute atomic E-state index is 10.8. The fourth-order valence-electron chi connectivity index (χ4n) is 1.64. The van der Waals surface area contributed by atoms with E-state index in [0.717, 1.165) is 36.5 Å². The van der Waals surface area contributed by atoms with E-state index in [1.807, 2.05) is 0 Å². The first-order valence-corrected chi connectivity index (χ1v) is 6.20. The zero-order valence-electron chi connectivity index (χ0n) is 11.4. The number of rotatable bonds is 10. The number of unbranched alkanes of at least 4 members (excludes halogenated alkanes) is 1. The van der Waals surface area contributed by atoms with Crippen molar-refractivity contribution in [3.63, 3.8) is 0 Å². The molecule has 0 aliphatic heterocycles. The van der Waals surface area contributed by atoms with Crippen LogP contribution in [0.25, 0.3) is 0 Å². The van der Waals surface area contributed by atoms with Gasteiger partial charge in [-0.1, -0.05) is 6.58 Å². The molecule has 0 bridgehead atoms. The summed E-state index contributed by atoms with van der Waals surface area (Å²) >= 11 is 0. The normalized spacial score (nSPS) is 11.0. The number of quaternary nitrogens is 1. The number of esters is 1. The topological polar surface area (TPSA) is 63.6 Å². The Hall–Kier alpha value is -1.36. The molecule has 0 saturated carbocycles. The van der Waals surface area contributed by atoms with E-state index in [4.69, 9.17) is 9.84 Å². The minimum atomic E-state index is -0.744. The molecule has 0 saturated heterocycles. The van der Waals surface area contributed by atoms with E-state index >= 15 is 0 Å². The number of carboxylic acids is 1. The molecule has 0 aromatic carbocycles. The van der Waals surface area contributed by atoms with Crippen LogP contribution in [0, 0.1) is 0 Å². The van der Waals surface area contributed by atoms with E-state index in [2.05, 4.69) is 20.7 Å². The smallest absolute Gasteiger partial charge is 0.330 e. The van der Waals surface area contributed by atoms with Crippen LogP contribution in [-0.2, 0) is 14.3 Å². The molecule has 0 fully saturated rings. The Morgan fingerprint density at radius 1 is 1.22 bits per heavy atom. The molecule has 104 valence electrons. The second-order valence-corrected chi connectivity index (χ2v) is 4.96. The van der Waals surface area contributed by atoms with E-state index < -0.39 is 5.97 Å². The Balaban J connectivity index is 3.60. The zero-order chi connectivity index (χ0) is 14.0. The molecule has 0 aliphatic rings. The molecule has 0 aromatic heterocycles. The lowest BCUT2D eigenvalue weighted by Gasteiger charge is -2.29. The summed E-state index contributed by atoms with van der Waals surface area (Å²) in [6.45, 7) is 5.53. The predicted molar refractivity (Wildman–Crippen MR) is 69.1 cm³/mol. The van der Waals surface area contributed by atoms with Gasteiger partial charge in [-0.05, 0) is 12.8 Å². The van der Waals surface area contributed by atoms with Crippen molar-refractivity contribution < 1.29 is 23.9 Å². The first kappa shape index (κ1) is 16.6. The van der Waals surface area contributed by atoms with Gasteiger partial charge in [-0.2, -0.15) is 0 Å². The summed E-state index contributed by atoms with van der Waals surface area (Å²) in [6.07, 6.45) is 3.84. The summed E-state index contributed by atoms with van der Waals surface area (Å²) in [5.41, 5.74) is 0. The van der Waals surface area contributed by atoms with Crippen LogP contribution in [0.15, 0.2) is 12.7 Å². The quantitative estimate of drug-likeness (QED) is 0.279. The molecule has 0 unspecified atom stereocenters. The lowest BCUT2D eigenvalue weighted by molar-refractivity contribution is -0.890. The second-order valence-electron chi connectivity index (χ2n) is 4.96. The number of ether oxygens (including phenoxy) is 1. The first-order valence-electron chi connectivity index (χ1n) is 6.20. The average Bonchev–Trinajstić information content (AvgIpc) is 2.27. The summed E-state index contributed by atoms with van der Waals surface area (Å²) in [7, 11) is 4.16. The summed E-state index contributed by atoms with van der Waals surface area (Å²) in [4.78, 5) is 21.2. The van der Waals surface area contributed by atoms with Crippen molar-refractivity contribution in [1.29, 1.82) is 0 Å². The molecule has 0 radical (unpaired) electrons. The number of carboxylic acid groups (broad SMARTS) is 1. The van der Waals surface area contributed by atoms with Crippen molar-refractivity contribution in [2.24, 2.45) is 0 Å². The molecule has 1 N–H and O–H groups in total. The highest BCUT2D eigenvalue weighted by atomic mass is 16.5. The molecule has 0 atom stereocenters. The molecule has 5 nitrogen and oxygen atoms in total. The molecule has 0 aromatic rings. The molecule has 0 rings (SSSR count). The lowest BCUT2D eigenvalue weighted by Crippen LogP contribution is -2.41. The highest BCUT2D eigenvalue weighted by Gasteiger charge is 2.14. The molecular formula is C13H24NO4+. The fraction of sp³-hybridized carbons (Fsp3) is 0.692. The standard InChI is InChI=1S/C13H23NO4/c1-4-13(17)18-11-6-5-9-14(2,3)10-7-8-12(15)16/h4H,1,5-11H2,2-3H3/p+1. The van der Waals surface area contributed by atoms with Crippen LogP contribution in [0.4, 0.5) is 0 Å². The molecule has 18 heavy (non-hydrogen) atoms. The lowest BCUT2D eigenvalue weighted by atomic mass is 10.2. The van der Waals surface area contributed by atoms with Gasteiger partial charge in [-0.3, -0.25) is 4.79 Å². The Bertz CT molecular complexity index is 287. The van der Waals surface area contributed by atoms with Crippen molar-refractivity contribution in [2.45, 2.75) is 25.7 Å². The number of aliphatic carboxylic acids is 1. The third-order valence-corrected chi connectivity index (χ3v) is 2.72. The SMILES string of the molecule is C=CC(=O)OCCCC[N+](C)(C)CCCC(=O)O. The van der Waals surface area contributed by atoms with Crippen molar-refractivity contribution in [3.8, 4) is 0 Å². The predicted octanol–water partition coefficient (Wildman–Crippen LogP) is 1.44. The van der Waals surface area contributed by atoms with E-state index in [1.54, 1.807) is 0 Å². The number of hydrogen-bond donors (Lipinski definition) is 1. The van der Waals surface area contributed by atoms with Crippen LogP contribution in [0.1, 0.15) is 25.7 Å². The van der Waals surface area contributed by atoms with Gasteiger partial charge < -0.3 is 14.3 Å². The summed E-state index contributed by atoms with van der Waals surface area (Å²) in [6, 6.07) is 0. The largest absolute Gasteiger partial charge is 0.481 e. The van der Waals surface area contributed by atoms with Gasteiger partial charge in [-0.15, -0.1) is 0 Å². The summed E-state index contributed by atoms with van der Waals surface area (Å²) < 4.78 is 5.67. The van der Waals surface area contributed by atoms with E-state index in [9.17, 15) is 9.59 Å². The van der Waals surface area contributed by atoms with Gasteiger partial charge in [0.05, 0.1) is 40.2 Å². The molecule has 0 aliphatic carbocycles.